The highest BCUT2D eigenvalue weighted by Crippen LogP contribution is 2.32. The number of rotatable bonds is 5. The summed E-state index contributed by atoms with van der Waals surface area (Å²) in [5, 5.41) is 3.01. The number of nitrogens with zero attached hydrogens (tertiary/aromatic N) is 2. The van der Waals surface area contributed by atoms with Crippen LogP contribution in [0.15, 0.2) is 30.6 Å². The monoisotopic (exact) mass is 309 g/mol. The molecule has 1 heterocycles. The molecule has 0 bridgehead atoms. The Labute approximate surface area is 127 Å². The van der Waals surface area contributed by atoms with Crippen LogP contribution in [-0.4, -0.2) is 16.5 Å². The number of halogens is 3. The number of aromatic nitrogens is 2. The molecule has 1 aromatic carbocycles. The molecule has 6 heteroatoms. The zero-order valence-corrected chi connectivity index (χ0v) is 12.5. The number of anilines is 1. The number of nitrogens with one attached hydrogen (secondary N) is 1. The molecule has 1 aromatic heterocycles. The molecule has 1 N–H and O–H groups in total. The first kappa shape index (κ1) is 16.3. The number of hydrogen-bond donors (Lipinski definition) is 1. The minimum Gasteiger partial charge on any atom is -0.354 e. The smallest absolute Gasteiger partial charge is 0.354 e. The van der Waals surface area contributed by atoms with Crippen molar-refractivity contribution in [3.8, 4) is 0 Å². The Balaban J connectivity index is 1.96. The van der Waals surface area contributed by atoms with Gasteiger partial charge in [-0.25, -0.2) is 9.97 Å². The predicted octanol–water partition coefficient (Wildman–Crippen LogP) is 4.02. The van der Waals surface area contributed by atoms with Crippen LogP contribution in [0, 0.1) is 6.92 Å². The van der Waals surface area contributed by atoms with Crippen LogP contribution in [0.4, 0.5) is 19.1 Å². The molecule has 0 fully saturated rings. The van der Waals surface area contributed by atoms with Crippen LogP contribution in [0.2, 0.25) is 0 Å². The highest BCUT2D eigenvalue weighted by Gasteiger charge is 2.32. The Morgan fingerprint density at radius 1 is 1.09 bits per heavy atom. The van der Waals surface area contributed by atoms with E-state index in [1.54, 1.807) is 18.5 Å². The summed E-state index contributed by atoms with van der Waals surface area (Å²) >= 11 is 0. The molecule has 0 aliphatic heterocycles. The van der Waals surface area contributed by atoms with Crippen LogP contribution in [0.25, 0.3) is 0 Å². The fraction of sp³-hybridized carbons (Fsp3) is 0.375. The standard InChI is InChI=1S/C16H18F3N3/c1-3-12-9-21-15(22-10-12)20-7-6-13-5-4-11(2)14(8-13)16(17,18)19/h4-5,8-10H,3,6-7H2,1-2H3,(H,20,21,22). The molecule has 118 valence electrons. The number of benzene rings is 1. The quantitative estimate of drug-likeness (QED) is 0.906. The fourth-order valence-electron chi connectivity index (χ4n) is 2.08. The van der Waals surface area contributed by atoms with Gasteiger partial charge in [0, 0.05) is 18.9 Å². The minimum absolute atomic E-state index is 0.239. The van der Waals surface area contributed by atoms with E-state index in [0.29, 0.717) is 24.5 Å². The lowest BCUT2D eigenvalue weighted by atomic mass is 10.0. The molecule has 2 rings (SSSR count). The Bertz CT molecular complexity index is 622. The first-order valence-electron chi connectivity index (χ1n) is 7.11. The summed E-state index contributed by atoms with van der Waals surface area (Å²) in [5.41, 5.74) is 1.34. The zero-order chi connectivity index (χ0) is 16.2. The summed E-state index contributed by atoms with van der Waals surface area (Å²) in [7, 11) is 0. The Kier molecular flexibility index (Phi) is 5.00. The van der Waals surface area contributed by atoms with Gasteiger partial charge in [0.25, 0.3) is 0 Å². The summed E-state index contributed by atoms with van der Waals surface area (Å²) in [6.45, 7) is 3.96. The third-order valence-electron chi connectivity index (χ3n) is 3.42. The van der Waals surface area contributed by atoms with Gasteiger partial charge < -0.3 is 5.32 Å². The molecular weight excluding hydrogens is 291 g/mol. The lowest BCUT2D eigenvalue weighted by molar-refractivity contribution is -0.138. The molecule has 0 unspecified atom stereocenters. The average molecular weight is 309 g/mol. The maximum Gasteiger partial charge on any atom is 0.416 e. The molecule has 0 radical (unpaired) electrons. The maximum absolute atomic E-state index is 12.9. The van der Waals surface area contributed by atoms with E-state index in [1.165, 1.54) is 19.1 Å². The summed E-state index contributed by atoms with van der Waals surface area (Å²) in [4.78, 5) is 8.30. The van der Waals surface area contributed by atoms with Crippen molar-refractivity contribution in [3.05, 3.63) is 52.8 Å². The second-order valence-corrected chi connectivity index (χ2v) is 5.09. The summed E-state index contributed by atoms with van der Waals surface area (Å²) < 4.78 is 38.6. The predicted molar refractivity (Wildman–Crippen MR) is 79.8 cm³/mol. The van der Waals surface area contributed by atoms with E-state index in [9.17, 15) is 13.2 Å². The second-order valence-electron chi connectivity index (χ2n) is 5.09. The van der Waals surface area contributed by atoms with E-state index in [-0.39, 0.29) is 5.56 Å². The first-order chi connectivity index (χ1) is 10.4. The van der Waals surface area contributed by atoms with Crippen LogP contribution in [0.1, 0.15) is 29.2 Å². The molecule has 0 amide bonds. The molecule has 3 nitrogen and oxygen atoms in total. The Morgan fingerprint density at radius 3 is 2.36 bits per heavy atom. The zero-order valence-electron chi connectivity index (χ0n) is 12.5. The molecule has 0 aliphatic carbocycles. The van der Waals surface area contributed by atoms with Gasteiger partial charge in [-0.3, -0.25) is 0 Å². The van der Waals surface area contributed by atoms with Crippen LogP contribution in [-0.2, 0) is 19.0 Å². The average Bonchev–Trinajstić information content (AvgIpc) is 2.48. The van der Waals surface area contributed by atoms with Gasteiger partial charge >= 0.3 is 6.18 Å². The van der Waals surface area contributed by atoms with Crippen LogP contribution in [0.3, 0.4) is 0 Å². The molecular formula is C16H18F3N3. The van der Waals surface area contributed by atoms with Gasteiger partial charge in [0.05, 0.1) is 5.56 Å². The Morgan fingerprint density at radius 2 is 1.77 bits per heavy atom. The van der Waals surface area contributed by atoms with Crippen molar-refractivity contribution in [2.75, 3.05) is 11.9 Å². The van der Waals surface area contributed by atoms with Crippen molar-refractivity contribution in [2.45, 2.75) is 32.9 Å². The lowest BCUT2D eigenvalue weighted by Gasteiger charge is -2.12. The van der Waals surface area contributed by atoms with Crippen LogP contribution in [0.5, 0.6) is 0 Å². The van der Waals surface area contributed by atoms with E-state index in [0.717, 1.165) is 12.0 Å². The van der Waals surface area contributed by atoms with Crippen molar-refractivity contribution in [2.24, 2.45) is 0 Å². The van der Waals surface area contributed by atoms with Crippen molar-refractivity contribution >= 4 is 5.95 Å². The summed E-state index contributed by atoms with van der Waals surface area (Å²) in [6, 6.07) is 4.43. The van der Waals surface area contributed by atoms with Gasteiger partial charge in [0.1, 0.15) is 0 Å². The van der Waals surface area contributed by atoms with Crippen molar-refractivity contribution in [3.63, 3.8) is 0 Å². The number of alkyl halides is 3. The van der Waals surface area contributed by atoms with Gasteiger partial charge in [-0.05, 0) is 42.5 Å². The molecule has 22 heavy (non-hydrogen) atoms. The van der Waals surface area contributed by atoms with Gasteiger partial charge in [-0.2, -0.15) is 13.2 Å². The van der Waals surface area contributed by atoms with Crippen molar-refractivity contribution < 1.29 is 13.2 Å². The molecule has 0 saturated heterocycles. The SMILES string of the molecule is CCc1cnc(NCCc2ccc(C)c(C(F)(F)F)c2)nc1. The van der Waals surface area contributed by atoms with Crippen molar-refractivity contribution in [1.29, 1.82) is 0 Å². The third kappa shape index (κ3) is 4.19. The highest BCUT2D eigenvalue weighted by molar-refractivity contribution is 5.34. The lowest BCUT2D eigenvalue weighted by Crippen LogP contribution is -2.11. The molecule has 2 aromatic rings. The van der Waals surface area contributed by atoms with E-state index < -0.39 is 11.7 Å². The third-order valence-corrected chi connectivity index (χ3v) is 3.42. The molecule has 0 spiro atoms. The van der Waals surface area contributed by atoms with Gasteiger partial charge in [0.2, 0.25) is 5.95 Å². The molecule has 0 atom stereocenters. The normalized spacial score (nSPS) is 11.5. The highest BCUT2D eigenvalue weighted by atomic mass is 19.4. The van der Waals surface area contributed by atoms with Gasteiger partial charge in [-0.1, -0.05) is 19.1 Å². The first-order valence-corrected chi connectivity index (χ1v) is 7.11. The second kappa shape index (κ2) is 6.77. The van der Waals surface area contributed by atoms with Crippen molar-refractivity contribution in [1.82, 2.24) is 9.97 Å². The van der Waals surface area contributed by atoms with Gasteiger partial charge in [-0.15, -0.1) is 0 Å². The van der Waals surface area contributed by atoms with E-state index in [4.69, 9.17) is 0 Å². The van der Waals surface area contributed by atoms with Gasteiger partial charge in [0.15, 0.2) is 0 Å². The summed E-state index contributed by atoms with van der Waals surface area (Å²) in [6.07, 6.45) is 0.505. The molecule has 0 aliphatic rings. The van der Waals surface area contributed by atoms with E-state index in [2.05, 4.69) is 15.3 Å². The summed E-state index contributed by atoms with van der Waals surface area (Å²) in [5.74, 6) is 0.486. The van der Waals surface area contributed by atoms with E-state index in [1.807, 2.05) is 6.92 Å². The topological polar surface area (TPSA) is 37.8 Å². The fourth-order valence-corrected chi connectivity index (χ4v) is 2.08. The maximum atomic E-state index is 12.9. The molecule has 0 saturated carbocycles. The van der Waals surface area contributed by atoms with Crippen LogP contribution >= 0.6 is 0 Å². The minimum atomic E-state index is -4.31. The Hall–Kier alpha value is -2.11. The van der Waals surface area contributed by atoms with Crippen LogP contribution < -0.4 is 5.32 Å². The number of hydrogen-bond acceptors (Lipinski definition) is 3. The number of aryl methyl sites for hydroxylation is 2. The largest absolute Gasteiger partial charge is 0.416 e. The van der Waals surface area contributed by atoms with E-state index >= 15 is 0 Å².